The second-order valence-electron chi connectivity index (χ2n) is 4.53. The molecule has 0 saturated heterocycles. The molecule has 1 aromatic rings. The second-order valence-corrected chi connectivity index (χ2v) is 4.53. The molecule has 0 aromatic carbocycles. The van der Waals surface area contributed by atoms with Crippen molar-refractivity contribution in [3.05, 3.63) is 23.8 Å². The number of hydrogen-bond donors (Lipinski definition) is 2. The molecule has 1 amide bonds. The molecular weight excluding hydrogens is 218 g/mol. The van der Waals surface area contributed by atoms with Crippen molar-refractivity contribution in [1.29, 1.82) is 0 Å². The molecule has 5 nitrogen and oxygen atoms in total. The van der Waals surface area contributed by atoms with E-state index in [2.05, 4.69) is 15.3 Å². The number of carbonyl (C=O) groups excluding carboxylic acids is 1. The molecule has 2 N–H and O–H groups in total. The van der Waals surface area contributed by atoms with E-state index in [9.17, 15) is 9.90 Å². The Morgan fingerprint density at radius 1 is 1.47 bits per heavy atom. The normalized spacial score (nSPS) is 12.5. The smallest absolute Gasteiger partial charge is 0.270 e. The van der Waals surface area contributed by atoms with Gasteiger partial charge in [0.1, 0.15) is 12.0 Å². The van der Waals surface area contributed by atoms with Crippen LogP contribution in [0.4, 0.5) is 0 Å². The molecular formula is C12H19N3O2. The Morgan fingerprint density at radius 3 is 2.71 bits per heavy atom. The minimum absolute atomic E-state index is 0.0615. The van der Waals surface area contributed by atoms with Gasteiger partial charge in [-0.1, -0.05) is 13.8 Å². The van der Waals surface area contributed by atoms with Gasteiger partial charge in [-0.05, 0) is 25.3 Å². The highest BCUT2D eigenvalue weighted by atomic mass is 16.3. The fourth-order valence-corrected chi connectivity index (χ4v) is 1.59. The Bertz CT molecular complexity index is 380. The molecule has 0 aliphatic heterocycles. The van der Waals surface area contributed by atoms with Gasteiger partial charge in [0.2, 0.25) is 0 Å². The van der Waals surface area contributed by atoms with E-state index in [1.807, 2.05) is 13.8 Å². The van der Waals surface area contributed by atoms with Crippen molar-refractivity contribution in [2.45, 2.75) is 33.2 Å². The average molecular weight is 237 g/mol. The average Bonchev–Trinajstić information content (AvgIpc) is 2.27. The number of aliphatic hydroxyl groups excluding tert-OH is 1. The maximum Gasteiger partial charge on any atom is 0.270 e. The summed E-state index contributed by atoms with van der Waals surface area (Å²) in [6.07, 6.45) is 2.10. The van der Waals surface area contributed by atoms with Crippen LogP contribution >= 0.6 is 0 Å². The summed E-state index contributed by atoms with van der Waals surface area (Å²) in [5, 5.41) is 11.9. The Labute approximate surface area is 101 Å². The molecule has 0 bridgehead atoms. The van der Waals surface area contributed by atoms with Crippen LogP contribution in [0.1, 0.15) is 36.5 Å². The predicted molar refractivity (Wildman–Crippen MR) is 64.6 cm³/mol. The van der Waals surface area contributed by atoms with E-state index in [4.69, 9.17) is 0 Å². The molecule has 1 atom stereocenters. The monoisotopic (exact) mass is 237 g/mol. The number of aromatic nitrogens is 2. The van der Waals surface area contributed by atoms with Crippen molar-refractivity contribution < 1.29 is 9.90 Å². The first-order chi connectivity index (χ1) is 8.02. The van der Waals surface area contributed by atoms with Crippen molar-refractivity contribution in [3.63, 3.8) is 0 Å². The fourth-order valence-electron chi connectivity index (χ4n) is 1.59. The molecule has 17 heavy (non-hydrogen) atoms. The van der Waals surface area contributed by atoms with Gasteiger partial charge in [0.05, 0.1) is 12.6 Å². The molecule has 1 unspecified atom stereocenters. The van der Waals surface area contributed by atoms with Gasteiger partial charge in [-0.3, -0.25) is 4.79 Å². The molecule has 0 radical (unpaired) electrons. The zero-order valence-corrected chi connectivity index (χ0v) is 10.5. The standard InChI is InChI=1S/C12H19N3O2/c1-8(2)4-10(6-16)15-12(17)11-5-9(3)13-7-14-11/h5,7-8,10,16H,4,6H2,1-3H3,(H,15,17). The number of hydrogen-bond acceptors (Lipinski definition) is 4. The largest absolute Gasteiger partial charge is 0.394 e. The topological polar surface area (TPSA) is 75.1 Å². The molecule has 0 spiro atoms. The van der Waals surface area contributed by atoms with E-state index in [0.717, 1.165) is 12.1 Å². The summed E-state index contributed by atoms with van der Waals surface area (Å²) in [6.45, 7) is 5.83. The van der Waals surface area contributed by atoms with Crippen LogP contribution in [-0.4, -0.2) is 33.6 Å². The number of carbonyl (C=O) groups is 1. The van der Waals surface area contributed by atoms with Crippen LogP contribution in [0.3, 0.4) is 0 Å². The minimum Gasteiger partial charge on any atom is -0.394 e. The van der Waals surface area contributed by atoms with E-state index < -0.39 is 0 Å². The summed E-state index contributed by atoms with van der Waals surface area (Å²) in [5.74, 6) is 0.148. The highest BCUT2D eigenvalue weighted by Gasteiger charge is 2.15. The van der Waals surface area contributed by atoms with E-state index in [0.29, 0.717) is 11.6 Å². The van der Waals surface area contributed by atoms with Gasteiger partial charge in [-0.25, -0.2) is 9.97 Å². The zero-order chi connectivity index (χ0) is 12.8. The van der Waals surface area contributed by atoms with Gasteiger partial charge in [0, 0.05) is 5.69 Å². The number of rotatable bonds is 5. The summed E-state index contributed by atoms with van der Waals surface area (Å²) < 4.78 is 0. The molecule has 1 aromatic heterocycles. The van der Waals surface area contributed by atoms with Crippen molar-refractivity contribution in [2.75, 3.05) is 6.61 Å². The van der Waals surface area contributed by atoms with Crippen molar-refractivity contribution >= 4 is 5.91 Å². The van der Waals surface area contributed by atoms with Gasteiger partial charge in [0.15, 0.2) is 0 Å². The van der Waals surface area contributed by atoms with E-state index in [1.54, 1.807) is 13.0 Å². The van der Waals surface area contributed by atoms with Crippen molar-refractivity contribution in [2.24, 2.45) is 5.92 Å². The van der Waals surface area contributed by atoms with Crippen molar-refractivity contribution in [1.82, 2.24) is 15.3 Å². The van der Waals surface area contributed by atoms with Crippen LogP contribution in [0.5, 0.6) is 0 Å². The second kappa shape index (κ2) is 6.30. The number of aliphatic hydroxyl groups is 1. The van der Waals surface area contributed by atoms with Crippen LogP contribution in [0.15, 0.2) is 12.4 Å². The van der Waals surface area contributed by atoms with Crippen molar-refractivity contribution in [3.8, 4) is 0 Å². The number of amides is 1. The van der Waals surface area contributed by atoms with Gasteiger partial charge in [0.25, 0.3) is 5.91 Å². The first-order valence-electron chi connectivity index (χ1n) is 5.73. The van der Waals surface area contributed by atoms with Crippen LogP contribution < -0.4 is 5.32 Å². The third kappa shape index (κ3) is 4.48. The SMILES string of the molecule is Cc1cc(C(=O)NC(CO)CC(C)C)ncn1. The summed E-state index contributed by atoms with van der Waals surface area (Å²) in [7, 11) is 0. The molecule has 1 rings (SSSR count). The number of nitrogens with zero attached hydrogens (tertiary/aromatic N) is 2. The highest BCUT2D eigenvalue weighted by Crippen LogP contribution is 2.05. The summed E-state index contributed by atoms with van der Waals surface area (Å²) in [5.41, 5.74) is 1.08. The summed E-state index contributed by atoms with van der Waals surface area (Å²) in [6, 6.07) is 1.40. The number of aryl methyl sites for hydroxylation is 1. The van der Waals surface area contributed by atoms with Gasteiger partial charge >= 0.3 is 0 Å². The molecule has 0 fully saturated rings. The lowest BCUT2D eigenvalue weighted by atomic mass is 10.0. The van der Waals surface area contributed by atoms with E-state index in [-0.39, 0.29) is 18.6 Å². The number of nitrogens with one attached hydrogen (secondary N) is 1. The van der Waals surface area contributed by atoms with Crippen LogP contribution in [0, 0.1) is 12.8 Å². The Balaban J connectivity index is 2.64. The lowest BCUT2D eigenvalue weighted by molar-refractivity contribution is 0.0903. The highest BCUT2D eigenvalue weighted by molar-refractivity contribution is 5.92. The molecule has 94 valence electrons. The molecule has 0 saturated carbocycles. The first kappa shape index (κ1) is 13.6. The lowest BCUT2D eigenvalue weighted by Crippen LogP contribution is -2.38. The first-order valence-corrected chi connectivity index (χ1v) is 5.73. The predicted octanol–water partition coefficient (Wildman–Crippen LogP) is 0.922. The van der Waals surface area contributed by atoms with Gasteiger partial charge < -0.3 is 10.4 Å². The maximum absolute atomic E-state index is 11.8. The fraction of sp³-hybridized carbons (Fsp3) is 0.583. The third-order valence-corrected chi connectivity index (χ3v) is 2.35. The zero-order valence-electron chi connectivity index (χ0n) is 10.5. The Hall–Kier alpha value is -1.49. The molecule has 1 heterocycles. The van der Waals surface area contributed by atoms with Gasteiger partial charge in [-0.2, -0.15) is 0 Å². The quantitative estimate of drug-likeness (QED) is 0.798. The van der Waals surface area contributed by atoms with Crippen LogP contribution in [0.2, 0.25) is 0 Å². The van der Waals surface area contributed by atoms with Gasteiger partial charge in [-0.15, -0.1) is 0 Å². The lowest BCUT2D eigenvalue weighted by Gasteiger charge is -2.17. The molecule has 0 aliphatic rings. The molecule has 0 aliphatic carbocycles. The Morgan fingerprint density at radius 2 is 2.18 bits per heavy atom. The summed E-state index contributed by atoms with van der Waals surface area (Å²) >= 11 is 0. The van der Waals surface area contributed by atoms with E-state index in [1.165, 1.54) is 6.33 Å². The third-order valence-electron chi connectivity index (χ3n) is 2.35. The summed E-state index contributed by atoms with van der Waals surface area (Å²) in [4.78, 5) is 19.7. The minimum atomic E-state index is -0.268. The van der Waals surface area contributed by atoms with Crippen LogP contribution in [0.25, 0.3) is 0 Å². The molecule has 5 heteroatoms. The van der Waals surface area contributed by atoms with E-state index >= 15 is 0 Å². The van der Waals surface area contributed by atoms with Crippen LogP contribution in [-0.2, 0) is 0 Å². The Kier molecular flexibility index (Phi) is 5.03. The maximum atomic E-state index is 11.8.